The van der Waals surface area contributed by atoms with E-state index in [0.717, 1.165) is 0 Å². The minimum Gasteiger partial charge on any atom is -0.323 e. The van der Waals surface area contributed by atoms with Crippen LogP contribution in [0.25, 0.3) is 6.08 Å². The normalized spacial score (nSPS) is 30.8. The van der Waals surface area contributed by atoms with Crippen LogP contribution in [0.3, 0.4) is 0 Å². The molecule has 1 heterocycles. The SMILES string of the molecule is NC1C2=Cc3cccnc3C21. The van der Waals surface area contributed by atoms with Crippen molar-refractivity contribution in [3.63, 3.8) is 0 Å². The lowest BCUT2D eigenvalue weighted by Crippen LogP contribution is -2.04. The molecule has 0 bridgehead atoms. The Bertz CT molecular complexity index is 354. The Morgan fingerprint density at radius 2 is 2.36 bits per heavy atom. The highest BCUT2D eigenvalue weighted by molar-refractivity contribution is 5.74. The van der Waals surface area contributed by atoms with Crippen molar-refractivity contribution in [1.82, 2.24) is 4.98 Å². The van der Waals surface area contributed by atoms with E-state index in [1.54, 1.807) is 0 Å². The summed E-state index contributed by atoms with van der Waals surface area (Å²) in [5.74, 6) is 0.464. The molecule has 2 heteroatoms. The van der Waals surface area contributed by atoms with Crippen LogP contribution in [0.1, 0.15) is 17.2 Å². The maximum absolute atomic E-state index is 5.78. The summed E-state index contributed by atoms with van der Waals surface area (Å²) in [6, 6.07) is 4.33. The summed E-state index contributed by atoms with van der Waals surface area (Å²) in [7, 11) is 0. The Hall–Kier alpha value is -1.15. The topological polar surface area (TPSA) is 38.9 Å². The largest absolute Gasteiger partial charge is 0.323 e. The van der Waals surface area contributed by atoms with Gasteiger partial charge >= 0.3 is 0 Å². The van der Waals surface area contributed by atoms with E-state index in [9.17, 15) is 0 Å². The number of hydrogen-bond donors (Lipinski definition) is 1. The molecule has 2 unspecified atom stereocenters. The second-order valence-electron chi connectivity index (χ2n) is 3.13. The summed E-state index contributed by atoms with van der Waals surface area (Å²) in [6.45, 7) is 0. The van der Waals surface area contributed by atoms with Gasteiger partial charge in [-0.1, -0.05) is 12.1 Å². The Morgan fingerprint density at radius 3 is 3.27 bits per heavy atom. The van der Waals surface area contributed by atoms with Crippen LogP contribution < -0.4 is 5.73 Å². The molecule has 2 aliphatic rings. The molecule has 1 aromatic rings. The molecular formula is C9H8N2. The van der Waals surface area contributed by atoms with Crippen molar-refractivity contribution in [3.8, 4) is 0 Å². The standard InChI is InChI=1S/C9H8N2/c10-8-6-4-5-2-1-3-11-9(5)7(6)8/h1-4,7-8H,10H2. The lowest BCUT2D eigenvalue weighted by atomic mass is 10.2. The number of rotatable bonds is 0. The summed E-state index contributed by atoms with van der Waals surface area (Å²) in [4.78, 5) is 4.30. The van der Waals surface area contributed by atoms with Crippen molar-refractivity contribution in [3.05, 3.63) is 35.2 Å². The quantitative estimate of drug-likeness (QED) is 0.587. The Labute approximate surface area is 64.7 Å². The van der Waals surface area contributed by atoms with Crippen LogP contribution in [0.2, 0.25) is 0 Å². The highest BCUT2D eigenvalue weighted by atomic mass is 14.8. The van der Waals surface area contributed by atoms with Gasteiger partial charge in [0.15, 0.2) is 0 Å². The predicted molar refractivity (Wildman–Crippen MR) is 42.9 cm³/mol. The third kappa shape index (κ3) is 0.535. The van der Waals surface area contributed by atoms with Gasteiger partial charge in [0, 0.05) is 18.2 Å². The second-order valence-corrected chi connectivity index (χ2v) is 3.13. The molecule has 54 valence electrons. The zero-order valence-electron chi connectivity index (χ0n) is 5.99. The summed E-state index contributed by atoms with van der Waals surface area (Å²) in [5, 5.41) is 0. The van der Waals surface area contributed by atoms with Crippen molar-refractivity contribution >= 4 is 6.08 Å². The number of nitrogens with zero attached hydrogens (tertiary/aromatic N) is 1. The van der Waals surface area contributed by atoms with Gasteiger partial charge in [-0.3, -0.25) is 4.98 Å². The fraction of sp³-hybridized carbons (Fsp3) is 0.222. The fourth-order valence-electron chi connectivity index (χ4n) is 1.81. The van der Waals surface area contributed by atoms with Gasteiger partial charge in [0.25, 0.3) is 0 Å². The summed E-state index contributed by atoms with van der Waals surface area (Å²) in [6.07, 6.45) is 4.00. The average molecular weight is 144 g/mol. The molecular weight excluding hydrogens is 136 g/mol. The molecule has 2 nitrogen and oxygen atoms in total. The van der Waals surface area contributed by atoms with Crippen LogP contribution in [-0.2, 0) is 0 Å². The van der Waals surface area contributed by atoms with Crippen LogP contribution >= 0.6 is 0 Å². The third-order valence-corrected chi connectivity index (χ3v) is 2.48. The molecule has 3 rings (SSSR count). The van der Waals surface area contributed by atoms with Gasteiger partial charge < -0.3 is 5.73 Å². The highest BCUT2D eigenvalue weighted by Crippen LogP contribution is 2.52. The van der Waals surface area contributed by atoms with Crippen molar-refractivity contribution in [1.29, 1.82) is 0 Å². The number of fused-ring (bicyclic) bond motifs is 3. The minimum atomic E-state index is 0.275. The molecule has 1 aromatic heterocycles. The van der Waals surface area contributed by atoms with Gasteiger partial charge in [-0.15, -0.1) is 0 Å². The zero-order chi connectivity index (χ0) is 7.42. The molecule has 0 saturated heterocycles. The van der Waals surface area contributed by atoms with Crippen LogP contribution in [0.4, 0.5) is 0 Å². The number of nitrogens with two attached hydrogens (primary N) is 1. The van der Waals surface area contributed by atoms with E-state index in [1.807, 2.05) is 12.3 Å². The third-order valence-electron chi connectivity index (χ3n) is 2.48. The molecule has 1 fully saturated rings. The maximum atomic E-state index is 5.78. The van der Waals surface area contributed by atoms with Gasteiger partial charge in [0.1, 0.15) is 0 Å². The van der Waals surface area contributed by atoms with Crippen molar-refractivity contribution in [2.45, 2.75) is 12.0 Å². The molecule has 0 radical (unpaired) electrons. The smallest absolute Gasteiger partial charge is 0.0566 e. The first-order valence-electron chi connectivity index (χ1n) is 3.80. The Balaban J connectivity index is 2.22. The van der Waals surface area contributed by atoms with E-state index in [-0.39, 0.29) is 6.04 Å². The zero-order valence-corrected chi connectivity index (χ0v) is 5.99. The first-order valence-corrected chi connectivity index (χ1v) is 3.80. The molecule has 2 aliphatic carbocycles. The van der Waals surface area contributed by atoms with E-state index in [0.29, 0.717) is 5.92 Å². The van der Waals surface area contributed by atoms with Crippen LogP contribution in [0.5, 0.6) is 0 Å². The van der Waals surface area contributed by atoms with Crippen LogP contribution in [-0.4, -0.2) is 11.0 Å². The second kappa shape index (κ2) is 1.53. The number of pyridine rings is 1. The van der Waals surface area contributed by atoms with Crippen molar-refractivity contribution in [2.75, 3.05) is 0 Å². The first kappa shape index (κ1) is 5.49. The number of hydrogen-bond acceptors (Lipinski definition) is 2. The van der Waals surface area contributed by atoms with E-state index in [2.05, 4.69) is 17.1 Å². The maximum Gasteiger partial charge on any atom is 0.0566 e. The summed E-state index contributed by atoms with van der Waals surface area (Å²) in [5.41, 5.74) is 9.57. The molecule has 0 spiro atoms. The van der Waals surface area contributed by atoms with Crippen molar-refractivity contribution in [2.24, 2.45) is 5.73 Å². The molecule has 1 saturated carbocycles. The lowest BCUT2D eigenvalue weighted by molar-refractivity contribution is 0.942. The predicted octanol–water partition coefficient (Wildman–Crippen LogP) is 0.903. The average Bonchev–Trinajstić information content (AvgIpc) is 2.55. The lowest BCUT2D eigenvalue weighted by Gasteiger charge is -1.98. The Morgan fingerprint density at radius 1 is 1.45 bits per heavy atom. The molecule has 0 aliphatic heterocycles. The summed E-state index contributed by atoms with van der Waals surface area (Å²) < 4.78 is 0. The fourth-order valence-corrected chi connectivity index (χ4v) is 1.81. The van der Waals surface area contributed by atoms with E-state index >= 15 is 0 Å². The molecule has 11 heavy (non-hydrogen) atoms. The van der Waals surface area contributed by atoms with Gasteiger partial charge in [-0.25, -0.2) is 0 Å². The minimum absolute atomic E-state index is 0.275. The van der Waals surface area contributed by atoms with E-state index in [4.69, 9.17) is 5.73 Å². The molecule has 0 aromatic carbocycles. The van der Waals surface area contributed by atoms with Crippen molar-refractivity contribution < 1.29 is 0 Å². The van der Waals surface area contributed by atoms with Gasteiger partial charge in [0.05, 0.1) is 5.69 Å². The molecule has 2 N–H and O–H groups in total. The molecule has 2 atom stereocenters. The summed E-state index contributed by atoms with van der Waals surface area (Å²) >= 11 is 0. The van der Waals surface area contributed by atoms with Gasteiger partial charge in [-0.2, -0.15) is 0 Å². The Kier molecular flexibility index (Phi) is 0.767. The first-order chi connectivity index (χ1) is 5.38. The monoisotopic (exact) mass is 144 g/mol. The van der Waals surface area contributed by atoms with E-state index in [1.165, 1.54) is 16.8 Å². The number of aromatic nitrogens is 1. The van der Waals surface area contributed by atoms with E-state index < -0.39 is 0 Å². The van der Waals surface area contributed by atoms with Gasteiger partial charge in [0.2, 0.25) is 0 Å². The van der Waals surface area contributed by atoms with Gasteiger partial charge in [-0.05, 0) is 17.2 Å². The highest BCUT2D eigenvalue weighted by Gasteiger charge is 2.47. The molecule has 0 amide bonds. The van der Waals surface area contributed by atoms with Crippen LogP contribution in [0, 0.1) is 0 Å². The van der Waals surface area contributed by atoms with Crippen LogP contribution in [0.15, 0.2) is 23.9 Å².